The van der Waals surface area contributed by atoms with Crippen LogP contribution in [0.5, 0.6) is 0 Å². The summed E-state index contributed by atoms with van der Waals surface area (Å²) >= 11 is 0. The third-order valence-corrected chi connectivity index (χ3v) is 1.00. The van der Waals surface area contributed by atoms with Gasteiger partial charge in [-0.05, 0) is 5.92 Å². The number of carboxylic acid groups (broad SMARTS) is 1. The van der Waals surface area contributed by atoms with E-state index in [1.165, 1.54) is 0 Å². The first-order chi connectivity index (χ1) is 3.55. The van der Waals surface area contributed by atoms with E-state index in [4.69, 9.17) is 10.8 Å². The molecule has 4 heteroatoms. The number of carbonyl (C=O) groups is 1. The second kappa shape index (κ2) is 5.00. The van der Waals surface area contributed by atoms with Gasteiger partial charge >= 0.3 is 5.97 Å². The topological polar surface area (TPSA) is 63.3 Å². The molecule has 3 nitrogen and oxygen atoms in total. The van der Waals surface area contributed by atoms with Crippen molar-refractivity contribution in [2.75, 3.05) is 0 Å². The summed E-state index contributed by atoms with van der Waals surface area (Å²) in [5.74, 6) is -0.910. The molecular weight excluding hydrogens is 199 g/mol. The molecule has 1 radical (unpaired) electrons. The van der Waals surface area contributed by atoms with Crippen molar-refractivity contribution in [2.24, 2.45) is 11.7 Å². The van der Waals surface area contributed by atoms with Gasteiger partial charge in [-0.3, -0.25) is 4.79 Å². The van der Waals surface area contributed by atoms with E-state index in [0.717, 1.165) is 0 Å². The van der Waals surface area contributed by atoms with Crippen LogP contribution in [-0.2, 0) is 27.2 Å². The molecule has 0 aliphatic rings. The Morgan fingerprint density at radius 3 is 1.89 bits per heavy atom. The van der Waals surface area contributed by atoms with Crippen molar-refractivity contribution in [2.45, 2.75) is 19.9 Å². The van der Waals surface area contributed by atoms with Gasteiger partial charge in [0.2, 0.25) is 0 Å². The van der Waals surface area contributed by atoms with Gasteiger partial charge in [-0.2, -0.15) is 0 Å². The molecule has 0 saturated carbocycles. The quantitative estimate of drug-likeness (QED) is 0.633. The maximum atomic E-state index is 10.0. The molecular formula is C5H11NNbO2. The fourth-order valence-electron chi connectivity index (χ4n) is 0.285. The molecule has 0 aromatic rings. The zero-order chi connectivity index (χ0) is 6.73. The second-order valence-electron chi connectivity index (χ2n) is 2.11. The van der Waals surface area contributed by atoms with Crippen LogP contribution in [0.25, 0.3) is 0 Å². The van der Waals surface area contributed by atoms with E-state index in [2.05, 4.69) is 0 Å². The molecule has 0 aliphatic heterocycles. The smallest absolute Gasteiger partial charge is 0.320 e. The number of hydrogen-bond donors (Lipinski definition) is 2. The molecule has 1 atom stereocenters. The fourth-order valence-corrected chi connectivity index (χ4v) is 0.285. The Hall–Kier alpha value is 0.170. The Balaban J connectivity index is 0. The SMILES string of the molecule is CC(C)[C@H](N)C(=O)O.[Nb]. The van der Waals surface area contributed by atoms with Crippen molar-refractivity contribution < 1.29 is 32.3 Å². The molecule has 53 valence electrons. The number of hydrogen-bond acceptors (Lipinski definition) is 2. The zero-order valence-electron chi connectivity index (χ0n) is 5.53. The van der Waals surface area contributed by atoms with Gasteiger partial charge in [-0.15, -0.1) is 0 Å². The molecule has 0 spiro atoms. The van der Waals surface area contributed by atoms with Crippen molar-refractivity contribution >= 4 is 5.97 Å². The Morgan fingerprint density at radius 2 is 1.89 bits per heavy atom. The Kier molecular flexibility index (Phi) is 6.61. The summed E-state index contributed by atoms with van der Waals surface area (Å²) in [5.41, 5.74) is 5.16. The molecule has 0 unspecified atom stereocenters. The number of carboxylic acids is 1. The van der Waals surface area contributed by atoms with Crippen molar-refractivity contribution in [1.29, 1.82) is 0 Å². The predicted octanol–water partition coefficient (Wildman–Crippen LogP) is 0.0518. The van der Waals surface area contributed by atoms with Gasteiger partial charge < -0.3 is 10.8 Å². The maximum Gasteiger partial charge on any atom is 0.320 e. The molecule has 0 amide bonds. The van der Waals surface area contributed by atoms with Crippen molar-refractivity contribution in [3.8, 4) is 0 Å². The molecule has 0 aromatic heterocycles. The second-order valence-corrected chi connectivity index (χ2v) is 2.11. The van der Waals surface area contributed by atoms with Crippen LogP contribution in [0.1, 0.15) is 13.8 Å². The van der Waals surface area contributed by atoms with E-state index in [-0.39, 0.29) is 28.3 Å². The van der Waals surface area contributed by atoms with Crippen LogP contribution >= 0.6 is 0 Å². The minimum atomic E-state index is -0.931. The summed E-state index contributed by atoms with van der Waals surface area (Å²) in [6.45, 7) is 3.55. The normalized spacial score (nSPS) is 12.4. The van der Waals surface area contributed by atoms with E-state index >= 15 is 0 Å². The fraction of sp³-hybridized carbons (Fsp3) is 0.800. The summed E-state index contributed by atoms with van der Waals surface area (Å²) < 4.78 is 0. The van der Waals surface area contributed by atoms with Crippen LogP contribution in [0.3, 0.4) is 0 Å². The molecule has 0 rings (SSSR count). The number of aliphatic carboxylic acids is 1. The van der Waals surface area contributed by atoms with E-state index < -0.39 is 12.0 Å². The molecule has 0 aliphatic carbocycles. The molecule has 0 bridgehead atoms. The summed E-state index contributed by atoms with van der Waals surface area (Å²) in [7, 11) is 0. The molecule has 3 N–H and O–H groups in total. The molecule has 0 saturated heterocycles. The van der Waals surface area contributed by atoms with Gasteiger partial charge in [0.05, 0.1) is 0 Å². The first-order valence-electron chi connectivity index (χ1n) is 2.54. The van der Waals surface area contributed by atoms with Crippen molar-refractivity contribution in [1.82, 2.24) is 0 Å². The maximum absolute atomic E-state index is 10.0. The minimum absolute atomic E-state index is 0. The van der Waals surface area contributed by atoms with Crippen LogP contribution in [0.15, 0.2) is 0 Å². The van der Waals surface area contributed by atoms with Crippen LogP contribution in [0.4, 0.5) is 0 Å². The van der Waals surface area contributed by atoms with Gasteiger partial charge in [0.1, 0.15) is 6.04 Å². The van der Waals surface area contributed by atoms with E-state index in [0.29, 0.717) is 0 Å². The van der Waals surface area contributed by atoms with Crippen LogP contribution in [-0.4, -0.2) is 17.1 Å². The van der Waals surface area contributed by atoms with Crippen LogP contribution in [0.2, 0.25) is 0 Å². The van der Waals surface area contributed by atoms with Gasteiger partial charge in [-0.1, -0.05) is 13.8 Å². The molecule has 0 heterocycles. The monoisotopic (exact) mass is 210 g/mol. The molecule has 9 heavy (non-hydrogen) atoms. The Bertz CT molecular complexity index is 95.0. The van der Waals surface area contributed by atoms with Crippen molar-refractivity contribution in [3.63, 3.8) is 0 Å². The standard InChI is InChI=1S/C5H11NO2.Nb/c1-3(2)4(6)5(7)8;/h3-4H,6H2,1-2H3,(H,7,8);/t4-;/m0./s1. The average Bonchev–Trinajstić information content (AvgIpc) is 1.64. The number of nitrogens with two attached hydrogens (primary N) is 1. The summed E-state index contributed by atoms with van der Waals surface area (Å²) in [5, 5.41) is 8.23. The Morgan fingerprint density at radius 1 is 1.56 bits per heavy atom. The summed E-state index contributed by atoms with van der Waals surface area (Å²) in [4.78, 5) is 10.0. The summed E-state index contributed by atoms with van der Waals surface area (Å²) in [6.07, 6.45) is 0. The third kappa shape index (κ3) is 4.66. The van der Waals surface area contributed by atoms with E-state index in [1.54, 1.807) is 13.8 Å². The zero-order valence-corrected chi connectivity index (χ0v) is 7.73. The first kappa shape index (κ1) is 11.9. The average molecular weight is 210 g/mol. The van der Waals surface area contributed by atoms with Gasteiger partial charge in [0, 0.05) is 22.4 Å². The van der Waals surface area contributed by atoms with E-state index in [1.807, 2.05) is 0 Å². The van der Waals surface area contributed by atoms with Gasteiger partial charge in [-0.25, -0.2) is 0 Å². The molecule has 0 fully saturated rings. The molecule has 0 aromatic carbocycles. The third-order valence-electron chi connectivity index (χ3n) is 1.00. The van der Waals surface area contributed by atoms with E-state index in [9.17, 15) is 4.79 Å². The van der Waals surface area contributed by atoms with Gasteiger partial charge in [0.15, 0.2) is 0 Å². The van der Waals surface area contributed by atoms with Crippen LogP contribution in [0, 0.1) is 5.92 Å². The van der Waals surface area contributed by atoms with Gasteiger partial charge in [0.25, 0.3) is 0 Å². The number of rotatable bonds is 2. The first-order valence-corrected chi connectivity index (χ1v) is 2.54. The van der Waals surface area contributed by atoms with Crippen molar-refractivity contribution in [3.05, 3.63) is 0 Å². The summed E-state index contributed by atoms with van der Waals surface area (Å²) in [6, 6.07) is -0.713. The van der Waals surface area contributed by atoms with Crippen LogP contribution < -0.4 is 5.73 Å². The minimum Gasteiger partial charge on any atom is -0.480 e. The Labute approximate surface area is 70.1 Å². The largest absolute Gasteiger partial charge is 0.480 e. The predicted molar refractivity (Wildman–Crippen MR) is 30.4 cm³/mol.